The fourth-order valence-corrected chi connectivity index (χ4v) is 3.55. The van der Waals surface area contributed by atoms with Gasteiger partial charge in [0.2, 0.25) is 5.52 Å². The molecular weight excluding hydrogens is 250 g/mol. The van der Waals surface area contributed by atoms with Crippen molar-refractivity contribution >= 4 is 22.9 Å². The van der Waals surface area contributed by atoms with E-state index >= 15 is 0 Å². The van der Waals surface area contributed by atoms with Crippen LogP contribution < -0.4 is 3.97 Å². The molecule has 1 nitrogen and oxygen atoms in total. The Hall–Kier alpha value is -1.02. The number of fused-ring (bicyclic) bond motifs is 1. The second-order valence-electron chi connectivity index (χ2n) is 5.17. The normalized spacial score (nSPS) is 11.1. The van der Waals surface area contributed by atoms with E-state index in [-0.39, 0.29) is 0 Å². The maximum atomic E-state index is 2.40. The second kappa shape index (κ2) is 6.95. The summed E-state index contributed by atoms with van der Waals surface area (Å²) in [7, 11) is 0. The topological polar surface area (TPSA) is 3.88 Å². The molecule has 0 aliphatic carbocycles. The molecule has 1 aromatic heterocycles. The first-order valence-corrected chi connectivity index (χ1v) is 8.22. The van der Waals surface area contributed by atoms with Crippen molar-refractivity contribution in [2.45, 2.75) is 46.5 Å². The van der Waals surface area contributed by atoms with Gasteiger partial charge >= 0.3 is 0 Å². The van der Waals surface area contributed by atoms with Crippen LogP contribution in [0.15, 0.2) is 30.3 Å². The Bertz CT molecular complexity index is 548. The van der Waals surface area contributed by atoms with Gasteiger partial charge in [0.15, 0.2) is 17.6 Å². The van der Waals surface area contributed by atoms with Gasteiger partial charge in [-0.1, -0.05) is 38.3 Å². The molecule has 0 bridgehead atoms. The number of hydrogen-bond donors (Lipinski definition) is 0. The summed E-state index contributed by atoms with van der Waals surface area (Å²) in [5.41, 5.74) is 4.06. The van der Waals surface area contributed by atoms with Crippen molar-refractivity contribution in [2.24, 2.45) is 0 Å². The average molecular weight is 274 g/mol. The molecule has 19 heavy (non-hydrogen) atoms. The number of rotatable bonds is 6. The van der Waals surface area contributed by atoms with E-state index in [4.69, 9.17) is 0 Å². The molecule has 0 fully saturated rings. The van der Waals surface area contributed by atoms with Crippen LogP contribution in [0.3, 0.4) is 0 Å². The van der Waals surface area contributed by atoms with Crippen molar-refractivity contribution < 1.29 is 3.97 Å². The number of nitrogens with zero attached hydrogens (tertiary/aromatic N) is 1. The summed E-state index contributed by atoms with van der Waals surface area (Å²) in [6.45, 7) is 6.67. The van der Waals surface area contributed by atoms with Crippen molar-refractivity contribution in [2.75, 3.05) is 5.75 Å². The summed E-state index contributed by atoms with van der Waals surface area (Å²) in [6, 6.07) is 11.0. The van der Waals surface area contributed by atoms with Gasteiger partial charge in [-0.25, -0.2) is 0 Å². The Morgan fingerprint density at radius 2 is 1.84 bits per heavy atom. The van der Waals surface area contributed by atoms with Crippen molar-refractivity contribution in [3.05, 3.63) is 41.6 Å². The van der Waals surface area contributed by atoms with Crippen LogP contribution in [-0.4, -0.2) is 5.75 Å². The molecular formula is C17H24NS+. The number of aromatic nitrogens is 1. The zero-order valence-electron chi connectivity index (χ0n) is 12.3. The lowest BCUT2D eigenvalue weighted by molar-refractivity contribution is -0.471. The Morgan fingerprint density at radius 1 is 1.05 bits per heavy atom. The van der Waals surface area contributed by atoms with Gasteiger partial charge in [-0.05, 0) is 25.0 Å². The highest BCUT2D eigenvalue weighted by Crippen LogP contribution is 2.18. The molecule has 0 saturated heterocycles. The number of unbranched alkanes of at least 4 members (excludes halogenated alkanes) is 3. The van der Waals surface area contributed by atoms with Crippen LogP contribution in [0.2, 0.25) is 0 Å². The van der Waals surface area contributed by atoms with Gasteiger partial charge in [-0.15, -0.1) is 3.97 Å². The third kappa shape index (κ3) is 3.50. The van der Waals surface area contributed by atoms with Gasteiger partial charge in [-0.2, -0.15) is 0 Å². The Kier molecular flexibility index (Phi) is 5.26. The molecule has 0 spiro atoms. The summed E-state index contributed by atoms with van der Waals surface area (Å²) >= 11 is 1.95. The maximum absolute atomic E-state index is 2.40. The highest BCUT2D eigenvalue weighted by Gasteiger charge is 2.15. The van der Waals surface area contributed by atoms with E-state index in [2.05, 4.69) is 55.1 Å². The van der Waals surface area contributed by atoms with Crippen molar-refractivity contribution in [3.63, 3.8) is 0 Å². The van der Waals surface area contributed by atoms with Gasteiger partial charge in [0.25, 0.3) is 0 Å². The summed E-state index contributed by atoms with van der Waals surface area (Å²) in [5, 5.41) is 1.37. The first-order valence-electron chi connectivity index (χ1n) is 7.28. The first kappa shape index (κ1) is 14.4. The largest absolute Gasteiger partial charge is 0.226 e. The molecule has 1 heterocycles. The van der Waals surface area contributed by atoms with E-state index in [1.807, 2.05) is 11.9 Å². The molecule has 2 rings (SSSR count). The summed E-state index contributed by atoms with van der Waals surface area (Å²) in [6.07, 6.45) is 5.34. The van der Waals surface area contributed by atoms with E-state index in [0.29, 0.717) is 0 Å². The van der Waals surface area contributed by atoms with Crippen LogP contribution in [0.1, 0.15) is 43.9 Å². The standard InChI is InChI=1S/C17H24NS/c1-4-5-6-9-12-19-18-15(3)13-14(2)16-10-7-8-11-17(16)18/h7-8,10-11,13H,4-6,9,12H2,1-3H3/q+1. The smallest absolute Gasteiger partial charge is 0.124 e. The van der Waals surface area contributed by atoms with Crippen LogP contribution in [0.5, 0.6) is 0 Å². The van der Waals surface area contributed by atoms with E-state index in [1.54, 1.807) is 0 Å². The van der Waals surface area contributed by atoms with Crippen LogP contribution >= 0.6 is 11.9 Å². The molecule has 0 atom stereocenters. The molecule has 0 saturated carbocycles. The van der Waals surface area contributed by atoms with E-state index < -0.39 is 0 Å². The van der Waals surface area contributed by atoms with Gasteiger partial charge < -0.3 is 0 Å². The van der Waals surface area contributed by atoms with Crippen molar-refractivity contribution in [1.29, 1.82) is 0 Å². The van der Waals surface area contributed by atoms with Crippen LogP contribution in [0.4, 0.5) is 0 Å². The highest BCUT2D eigenvalue weighted by molar-refractivity contribution is 7.92. The fourth-order valence-electron chi connectivity index (χ4n) is 2.48. The minimum absolute atomic E-state index is 1.21. The minimum Gasteiger partial charge on any atom is -0.124 e. The zero-order valence-corrected chi connectivity index (χ0v) is 13.1. The molecule has 2 heteroatoms. The van der Waals surface area contributed by atoms with E-state index in [1.165, 1.54) is 53.6 Å². The predicted octanol–water partition coefficient (Wildman–Crippen LogP) is 4.82. The zero-order chi connectivity index (χ0) is 13.7. The van der Waals surface area contributed by atoms with Crippen LogP contribution in [0.25, 0.3) is 10.9 Å². The number of pyridine rings is 1. The lowest BCUT2D eigenvalue weighted by Gasteiger charge is -2.05. The third-order valence-electron chi connectivity index (χ3n) is 3.51. The van der Waals surface area contributed by atoms with Crippen LogP contribution in [0, 0.1) is 13.8 Å². The van der Waals surface area contributed by atoms with E-state index in [0.717, 1.165) is 0 Å². The molecule has 0 amide bonds. The minimum atomic E-state index is 1.21. The molecule has 102 valence electrons. The van der Waals surface area contributed by atoms with Gasteiger partial charge in [0, 0.05) is 19.1 Å². The van der Waals surface area contributed by atoms with Crippen molar-refractivity contribution in [1.82, 2.24) is 0 Å². The molecule has 0 aliphatic heterocycles. The Labute approximate surface area is 121 Å². The molecule has 1 aromatic carbocycles. The molecule has 0 N–H and O–H groups in total. The second-order valence-corrected chi connectivity index (χ2v) is 6.21. The summed E-state index contributed by atoms with van der Waals surface area (Å²) in [5.74, 6) is 1.21. The molecule has 0 radical (unpaired) electrons. The van der Waals surface area contributed by atoms with Crippen molar-refractivity contribution in [3.8, 4) is 0 Å². The van der Waals surface area contributed by atoms with Crippen LogP contribution in [-0.2, 0) is 0 Å². The lowest BCUT2D eigenvalue weighted by atomic mass is 10.1. The van der Waals surface area contributed by atoms with Gasteiger partial charge in [-0.3, -0.25) is 0 Å². The van der Waals surface area contributed by atoms with Gasteiger partial charge in [0.05, 0.1) is 11.1 Å². The quantitative estimate of drug-likeness (QED) is 0.539. The lowest BCUT2D eigenvalue weighted by Crippen LogP contribution is -2.31. The summed E-state index contributed by atoms with van der Waals surface area (Å²) in [4.78, 5) is 0. The monoisotopic (exact) mass is 274 g/mol. The SMILES string of the molecule is CCCCCCS[n+]1c(C)cc(C)c2ccccc21. The van der Waals surface area contributed by atoms with E-state index in [9.17, 15) is 0 Å². The van der Waals surface area contributed by atoms with Gasteiger partial charge in [0.1, 0.15) is 0 Å². The maximum Gasteiger partial charge on any atom is 0.226 e. The highest BCUT2D eigenvalue weighted by atomic mass is 32.2. The predicted molar refractivity (Wildman–Crippen MR) is 85.6 cm³/mol. The average Bonchev–Trinajstić information content (AvgIpc) is 2.42. The number of benzene rings is 1. The number of aryl methyl sites for hydroxylation is 2. The first-order chi connectivity index (χ1) is 9.24. The number of hydrogen-bond acceptors (Lipinski definition) is 1. The summed E-state index contributed by atoms with van der Waals surface area (Å²) < 4.78 is 2.40. The fraction of sp³-hybridized carbons (Fsp3) is 0.471. The molecule has 2 aromatic rings. The molecule has 0 unspecified atom stereocenters. The number of para-hydroxylation sites is 1. The molecule has 0 aliphatic rings. The Morgan fingerprint density at radius 3 is 2.63 bits per heavy atom. The third-order valence-corrected chi connectivity index (χ3v) is 4.73. The Balaban J connectivity index is 2.18.